The summed E-state index contributed by atoms with van der Waals surface area (Å²) in [6, 6.07) is -0.875. The van der Waals surface area contributed by atoms with E-state index in [9.17, 15) is 14.7 Å². The highest BCUT2D eigenvalue weighted by atomic mass is 35.5. The van der Waals surface area contributed by atoms with Gasteiger partial charge >= 0.3 is 5.97 Å². The van der Waals surface area contributed by atoms with Gasteiger partial charge in [-0.3, -0.25) is 4.79 Å². The zero-order valence-electron chi connectivity index (χ0n) is 10.9. The predicted molar refractivity (Wildman–Crippen MR) is 72.5 cm³/mol. The fourth-order valence-electron chi connectivity index (χ4n) is 2.49. The minimum Gasteiger partial charge on any atom is -0.480 e. The molecule has 0 radical (unpaired) electrons. The number of aromatic nitrogens is 2. The molecule has 1 heterocycles. The van der Waals surface area contributed by atoms with Gasteiger partial charge in [-0.1, -0.05) is 30.9 Å². The van der Waals surface area contributed by atoms with Gasteiger partial charge in [-0.05, 0) is 18.8 Å². The van der Waals surface area contributed by atoms with Gasteiger partial charge in [-0.15, -0.1) is 0 Å². The first-order valence-corrected chi connectivity index (χ1v) is 6.97. The molecule has 20 heavy (non-hydrogen) atoms. The third kappa shape index (κ3) is 3.66. The summed E-state index contributed by atoms with van der Waals surface area (Å²) in [5.74, 6) is -1.57. The van der Waals surface area contributed by atoms with Crippen LogP contribution >= 0.6 is 11.6 Å². The van der Waals surface area contributed by atoms with Gasteiger partial charge in [0.1, 0.15) is 16.9 Å². The van der Waals surface area contributed by atoms with Crippen LogP contribution in [0.5, 0.6) is 0 Å². The molecule has 0 saturated heterocycles. The topological polar surface area (TPSA) is 92.2 Å². The Hall–Kier alpha value is -1.69. The smallest absolute Gasteiger partial charge is 0.326 e. The molecule has 2 rings (SSSR count). The predicted octanol–water partition coefficient (Wildman–Crippen LogP) is 1.89. The van der Waals surface area contributed by atoms with E-state index >= 15 is 0 Å². The number of carbonyl (C=O) groups excluding carboxylic acids is 1. The molecule has 1 saturated carbocycles. The van der Waals surface area contributed by atoms with E-state index in [1.165, 1.54) is 12.4 Å². The van der Waals surface area contributed by atoms with Crippen LogP contribution in [-0.4, -0.2) is 33.0 Å². The molecule has 7 heteroatoms. The SMILES string of the molecule is O=C(NC(C(=O)O)C1CCCCC1)c1cnc(Cl)cn1. The largest absolute Gasteiger partial charge is 0.480 e. The second kappa shape index (κ2) is 6.65. The molecule has 1 fully saturated rings. The maximum atomic E-state index is 12.0. The second-order valence-corrected chi connectivity index (χ2v) is 5.30. The molecule has 1 unspecified atom stereocenters. The van der Waals surface area contributed by atoms with E-state index in [4.69, 9.17) is 11.6 Å². The third-order valence-corrected chi connectivity index (χ3v) is 3.72. The molecule has 0 aromatic carbocycles. The van der Waals surface area contributed by atoms with Gasteiger partial charge in [0, 0.05) is 0 Å². The van der Waals surface area contributed by atoms with Crippen molar-refractivity contribution in [3.05, 3.63) is 23.2 Å². The molecule has 0 spiro atoms. The molecule has 1 aromatic rings. The van der Waals surface area contributed by atoms with Gasteiger partial charge in [0.2, 0.25) is 0 Å². The van der Waals surface area contributed by atoms with E-state index in [1.807, 2.05) is 0 Å². The average molecular weight is 298 g/mol. The summed E-state index contributed by atoms with van der Waals surface area (Å²) >= 11 is 5.59. The first-order valence-electron chi connectivity index (χ1n) is 6.59. The van der Waals surface area contributed by atoms with Crippen LogP contribution in [-0.2, 0) is 4.79 Å². The number of hydrogen-bond donors (Lipinski definition) is 2. The van der Waals surface area contributed by atoms with Crippen LogP contribution in [0, 0.1) is 5.92 Å². The minimum atomic E-state index is -1.01. The fraction of sp³-hybridized carbons (Fsp3) is 0.538. The van der Waals surface area contributed by atoms with Crippen molar-refractivity contribution in [1.29, 1.82) is 0 Å². The molecular formula is C13H16ClN3O3. The Morgan fingerprint density at radius 2 is 1.95 bits per heavy atom. The molecule has 1 atom stereocenters. The normalized spacial score (nSPS) is 17.4. The summed E-state index contributed by atoms with van der Waals surface area (Å²) in [6.45, 7) is 0. The van der Waals surface area contributed by atoms with Gasteiger partial charge in [0.25, 0.3) is 5.91 Å². The second-order valence-electron chi connectivity index (χ2n) is 4.91. The molecule has 1 aromatic heterocycles. The summed E-state index contributed by atoms with van der Waals surface area (Å²) in [5.41, 5.74) is 0.0662. The Labute approximate surface area is 121 Å². The molecule has 2 N–H and O–H groups in total. The number of nitrogens with one attached hydrogen (secondary N) is 1. The van der Waals surface area contributed by atoms with E-state index in [1.54, 1.807) is 0 Å². The molecular weight excluding hydrogens is 282 g/mol. The zero-order chi connectivity index (χ0) is 14.5. The van der Waals surface area contributed by atoms with Gasteiger partial charge < -0.3 is 10.4 Å². The highest BCUT2D eigenvalue weighted by Gasteiger charge is 2.31. The van der Waals surface area contributed by atoms with Crippen LogP contribution in [0.2, 0.25) is 5.15 Å². The van der Waals surface area contributed by atoms with Crippen molar-refractivity contribution in [2.75, 3.05) is 0 Å². The van der Waals surface area contributed by atoms with Crippen LogP contribution in [0.4, 0.5) is 0 Å². The van der Waals surface area contributed by atoms with Gasteiger partial charge in [-0.25, -0.2) is 14.8 Å². The lowest BCUT2D eigenvalue weighted by atomic mass is 9.84. The lowest BCUT2D eigenvalue weighted by molar-refractivity contribution is -0.141. The first-order chi connectivity index (χ1) is 9.58. The maximum absolute atomic E-state index is 12.0. The Kier molecular flexibility index (Phi) is 4.89. The highest BCUT2D eigenvalue weighted by molar-refractivity contribution is 6.29. The van der Waals surface area contributed by atoms with E-state index in [-0.39, 0.29) is 16.8 Å². The highest BCUT2D eigenvalue weighted by Crippen LogP contribution is 2.26. The summed E-state index contributed by atoms with van der Waals surface area (Å²) < 4.78 is 0. The summed E-state index contributed by atoms with van der Waals surface area (Å²) in [4.78, 5) is 30.9. The minimum absolute atomic E-state index is 0.0227. The summed E-state index contributed by atoms with van der Waals surface area (Å²) in [7, 11) is 0. The molecule has 1 aliphatic carbocycles. The zero-order valence-corrected chi connectivity index (χ0v) is 11.6. The van der Waals surface area contributed by atoms with Crippen molar-refractivity contribution in [3.63, 3.8) is 0 Å². The van der Waals surface area contributed by atoms with Crippen molar-refractivity contribution in [1.82, 2.24) is 15.3 Å². The lowest BCUT2D eigenvalue weighted by Gasteiger charge is -2.27. The molecule has 1 aliphatic rings. The lowest BCUT2D eigenvalue weighted by Crippen LogP contribution is -2.46. The maximum Gasteiger partial charge on any atom is 0.326 e. The Morgan fingerprint density at radius 3 is 2.50 bits per heavy atom. The van der Waals surface area contributed by atoms with Crippen LogP contribution in [0.1, 0.15) is 42.6 Å². The number of carboxylic acid groups (broad SMARTS) is 1. The number of aliphatic carboxylic acids is 1. The number of halogens is 1. The first kappa shape index (κ1) is 14.7. The Bertz CT molecular complexity index is 486. The third-order valence-electron chi connectivity index (χ3n) is 3.53. The molecule has 1 amide bonds. The van der Waals surface area contributed by atoms with Crippen molar-refractivity contribution < 1.29 is 14.7 Å². The number of nitrogens with zero attached hydrogens (tertiary/aromatic N) is 2. The van der Waals surface area contributed by atoms with E-state index < -0.39 is 17.9 Å². The molecule has 0 aliphatic heterocycles. The number of hydrogen-bond acceptors (Lipinski definition) is 4. The Morgan fingerprint density at radius 1 is 1.25 bits per heavy atom. The van der Waals surface area contributed by atoms with Gasteiger partial charge in [0.05, 0.1) is 12.4 Å². The van der Waals surface area contributed by atoms with Gasteiger partial charge in [-0.2, -0.15) is 0 Å². The Balaban J connectivity index is 2.05. The molecule has 108 valence electrons. The van der Waals surface area contributed by atoms with Gasteiger partial charge in [0.15, 0.2) is 0 Å². The van der Waals surface area contributed by atoms with Crippen molar-refractivity contribution in [3.8, 4) is 0 Å². The standard InChI is InChI=1S/C13H16ClN3O3/c14-10-7-15-9(6-16-10)12(18)17-11(13(19)20)8-4-2-1-3-5-8/h6-8,11H,1-5H2,(H,17,18)(H,19,20). The monoisotopic (exact) mass is 297 g/mol. The van der Waals surface area contributed by atoms with Crippen molar-refractivity contribution >= 4 is 23.5 Å². The van der Waals surface area contributed by atoms with E-state index in [2.05, 4.69) is 15.3 Å². The molecule has 6 nitrogen and oxygen atoms in total. The summed E-state index contributed by atoms with van der Waals surface area (Å²) in [5, 5.41) is 12.0. The van der Waals surface area contributed by atoms with Crippen LogP contribution < -0.4 is 5.32 Å². The van der Waals surface area contributed by atoms with Crippen molar-refractivity contribution in [2.24, 2.45) is 5.92 Å². The number of carboxylic acids is 1. The fourth-order valence-corrected chi connectivity index (χ4v) is 2.59. The summed E-state index contributed by atoms with van der Waals surface area (Å²) in [6.07, 6.45) is 7.27. The van der Waals surface area contributed by atoms with Crippen LogP contribution in [0.25, 0.3) is 0 Å². The van der Waals surface area contributed by atoms with Crippen LogP contribution in [0.15, 0.2) is 12.4 Å². The average Bonchev–Trinajstić information content (AvgIpc) is 2.46. The van der Waals surface area contributed by atoms with Crippen molar-refractivity contribution in [2.45, 2.75) is 38.1 Å². The van der Waals surface area contributed by atoms with E-state index in [0.717, 1.165) is 32.1 Å². The number of amides is 1. The van der Waals surface area contributed by atoms with Crippen LogP contribution in [0.3, 0.4) is 0 Å². The molecule has 0 bridgehead atoms. The quantitative estimate of drug-likeness (QED) is 0.885. The number of rotatable bonds is 4. The van der Waals surface area contributed by atoms with E-state index in [0.29, 0.717) is 0 Å². The number of carbonyl (C=O) groups is 2.